The van der Waals surface area contributed by atoms with Crippen LogP contribution >= 0.6 is 0 Å². The van der Waals surface area contributed by atoms with Gasteiger partial charge in [-0.15, -0.1) is 0 Å². The molecule has 0 aromatic heterocycles. The number of unbranched alkanes of at least 4 members (excludes halogenated alkanes) is 23. The predicted molar refractivity (Wildman–Crippen MR) is 293 cm³/mol. The first-order valence-electron chi connectivity index (χ1n) is 28.2. The maximum Gasteiger partial charge on any atom is 0.306 e. The number of rotatable bonds is 50. The van der Waals surface area contributed by atoms with Crippen LogP contribution in [0.2, 0.25) is 0 Å². The summed E-state index contributed by atoms with van der Waals surface area (Å²) in [5.41, 5.74) is 0. The van der Waals surface area contributed by atoms with E-state index in [2.05, 4.69) is 118 Å². The van der Waals surface area contributed by atoms with Crippen LogP contribution in [0.5, 0.6) is 0 Å². The lowest BCUT2D eigenvalue weighted by Crippen LogP contribution is -2.30. The van der Waals surface area contributed by atoms with Gasteiger partial charge >= 0.3 is 17.9 Å². The van der Waals surface area contributed by atoms with Crippen LogP contribution in [-0.2, 0) is 28.6 Å². The fraction of sp³-hybridized carbons (Fsp3) is 0.694. The van der Waals surface area contributed by atoms with Gasteiger partial charge in [-0.3, -0.25) is 14.4 Å². The van der Waals surface area contributed by atoms with Crippen molar-refractivity contribution in [3.63, 3.8) is 0 Å². The molecule has 6 heteroatoms. The van der Waals surface area contributed by atoms with Crippen LogP contribution in [0, 0.1) is 0 Å². The molecular formula is C62H104O6. The topological polar surface area (TPSA) is 78.9 Å². The van der Waals surface area contributed by atoms with Gasteiger partial charge in [-0.2, -0.15) is 0 Å². The summed E-state index contributed by atoms with van der Waals surface area (Å²) in [5, 5.41) is 0. The molecule has 0 N–H and O–H groups in total. The highest BCUT2D eigenvalue weighted by Gasteiger charge is 2.19. The van der Waals surface area contributed by atoms with E-state index in [9.17, 15) is 14.4 Å². The maximum atomic E-state index is 12.8. The molecule has 388 valence electrons. The minimum absolute atomic E-state index is 0.0897. The standard InChI is InChI=1S/C62H104O6/c1-4-7-10-13-16-19-22-25-27-28-29-30-31-32-33-34-36-37-40-43-46-49-52-55-61(64)67-58-59(57-66-60(63)54-51-48-45-42-39-24-21-18-15-12-9-6-3)68-62(65)56-53-50-47-44-41-38-35-26-23-20-17-14-11-8-5-2/h7-8,10-11,16-21,25-27,29-30,35,59H,4-6,9,12-15,22-24,28,31-34,36-58H2,1-3H3/b10-7-,11-8-,19-16-,20-17-,21-18-,27-25-,30-29-,35-26-. The van der Waals surface area contributed by atoms with Crippen LogP contribution in [0.15, 0.2) is 97.2 Å². The highest BCUT2D eigenvalue weighted by atomic mass is 16.6. The van der Waals surface area contributed by atoms with Crippen molar-refractivity contribution in [1.82, 2.24) is 0 Å². The molecular weight excluding hydrogens is 841 g/mol. The summed E-state index contributed by atoms with van der Waals surface area (Å²) in [6, 6.07) is 0. The Balaban J connectivity index is 4.35. The van der Waals surface area contributed by atoms with Crippen molar-refractivity contribution in [2.24, 2.45) is 0 Å². The largest absolute Gasteiger partial charge is 0.462 e. The second kappa shape index (κ2) is 55.9. The Morgan fingerprint density at radius 2 is 0.574 bits per heavy atom. The molecule has 0 aromatic rings. The third kappa shape index (κ3) is 53.3. The van der Waals surface area contributed by atoms with Gasteiger partial charge < -0.3 is 14.2 Å². The lowest BCUT2D eigenvalue weighted by Gasteiger charge is -2.18. The van der Waals surface area contributed by atoms with E-state index >= 15 is 0 Å². The number of carbonyl (C=O) groups is 3. The molecule has 0 fully saturated rings. The van der Waals surface area contributed by atoms with Crippen LogP contribution < -0.4 is 0 Å². The smallest absolute Gasteiger partial charge is 0.306 e. The molecule has 0 saturated heterocycles. The summed E-state index contributed by atoms with van der Waals surface area (Å²) >= 11 is 0. The zero-order chi connectivity index (χ0) is 49.3. The van der Waals surface area contributed by atoms with Crippen molar-refractivity contribution in [3.05, 3.63) is 97.2 Å². The molecule has 0 radical (unpaired) electrons. The van der Waals surface area contributed by atoms with Crippen molar-refractivity contribution in [1.29, 1.82) is 0 Å². The summed E-state index contributed by atoms with van der Waals surface area (Å²) in [6.07, 6.45) is 74.0. The van der Waals surface area contributed by atoms with Crippen molar-refractivity contribution >= 4 is 17.9 Å². The average molecular weight is 946 g/mol. The number of carbonyl (C=O) groups excluding carboxylic acids is 3. The summed E-state index contributed by atoms with van der Waals surface area (Å²) < 4.78 is 16.8. The minimum atomic E-state index is -0.792. The molecule has 0 heterocycles. The second-order valence-electron chi connectivity index (χ2n) is 18.4. The Morgan fingerprint density at radius 3 is 0.912 bits per heavy atom. The Bertz CT molecular complexity index is 1360. The lowest BCUT2D eigenvalue weighted by atomic mass is 10.1. The summed E-state index contributed by atoms with van der Waals surface area (Å²) in [5.74, 6) is -0.919. The molecule has 0 aliphatic carbocycles. The molecule has 1 unspecified atom stereocenters. The molecule has 0 aliphatic heterocycles. The maximum absolute atomic E-state index is 12.8. The van der Waals surface area contributed by atoms with Gasteiger partial charge in [0, 0.05) is 19.3 Å². The zero-order valence-electron chi connectivity index (χ0n) is 44.3. The number of hydrogen-bond donors (Lipinski definition) is 0. The summed E-state index contributed by atoms with van der Waals surface area (Å²) in [7, 11) is 0. The summed E-state index contributed by atoms with van der Waals surface area (Å²) in [6.45, 7) is 6.37. The van der Waals surface area contributed by atoms with Gasteiger partial charge in [-0.25, -0.2) is 0 Å². The van der Waals surface area contributed by atoms with Crippen molar-refractivity contribution in [2.45, 2.75) is 264 Å². The van der Waals surface area contributed by atoms with Gasteiger partial charge in [-0.05, 0) is 116 Å². The Labute approximate surface area is 419 Å². The van der Waals surface area contributed by atoms with Crippen molar-refractivity contribution in [3.8, 4) is 0 Å². The van der Waals surface area contributed by atoms with Gasteiger partial charge in [0.25, 0.3) is 0 Å². The normalized spacial score (nSPS) is 12.8. The van der Waals surface area contributed by atoms with Crippen LogP contribution in [0.25, 0.3) is 0 Å². The highest BCUT2D eigenvalue weighted by molar-refractivity contribution is 5.71. The second-order valence-corrected chi connectivity index (χ2v) is 18.4. The first-order chi connectivity index (χ1) is 33.5. The quantitative estimate of drug-likeness (QED) is 0.0262. The van der Waals surface area contributed by atoms with E-state index < -0.39 is 6.10 Å². The van der Waals surface area contributed by atoms with E-state index in [0.29, 0.717) is 19.3 Å². The van der Waals surface area contributed by atoms with E-state index in [-0.39, 0.29) is 31.1 Å². The van der Waals surface area contributed by atoms with E-state index in [0.717, 1.165) is 128 Å². The zero-order valence-corrected chi connectivity index (χ0v) is 44.3. The fourth-order valence-electron chi connectivity index (χ4n) is 7.62. The van der Waals surface area contributed by atoms with Crippen LogP contribution in [0.4, 0.5) is 0 Å². The van der Waals surface area contributed by atoms with Crippen LogP contribution in [0.1, 0.15) is 258 Å². The van der Waals surface area contributed by atoms with Gasteiger partial charge in [-0.1, -0.05) is 221 Å². The molecule has 0 aliphatic rings. The molecule has 0 rings (SSSR count). The first-order valence-corrected chi connectivity index (χ1v) is 28.2. The third-order valence-corrected chi connectivity index (χ3v) is 11.8. The monoisotopic (exact) mass is 945 g/mol. The van der Waals surface area contributed by atoms with E-state index in [4.69, 9.17) is 14.2 Å². The molecule has 68 heavy (non-hydrogen) atoms. The molecule has 0 spiro atoms. The first kappa shape index (κ1) is 64.3. The molecule has 1 atom stereocenters. The number of hydrogen-bond acceptors (Lipinski definition) is 6. The van der Waals surface area contributed by atoms with Crippen molar-refractivity contribution < 1.29 is 28.6 Å². The predicted octanol–water partition coefficient (Wildman–Crippen LogP) is 18.9. The molecule has 0 amide bonds. The summed E-state index contributed by atoms with van der Waals surface area (Å²) in [4.78, 5) is 38.1. The number of allylic oxidation sites excluding steroid dienone is 16. The van der Waals surface area contributed by atoms with E-state index in [1.807, 2.05) is 0 Å². The van der Waals surface area contributed by atoms with Gasteiger partial charge in [0.05, 0.1) is 0 Å². The molecule has 0 aromatic carbocycles. The van der Waals surface area contributed by atoms with Crippen LogP contribution in [-0.4, -0.2) is 37.2 Å². The molecule has 0 bridgehead atoms. The van der Waals surface area contributed by atoms with Crippen LogP contribution in [0.3, 0.4) is 0 Å². The van der Waals surface area contributed by atoms with E-state index in [1.165, 1.54) is 89.9 Å². The fourth-order valence-corrected chi connectivity index (χ4v) is 7.62. The van der Waals surface area contributed by atoms with E-state index in [1.54, 1.807) is 0 Å². The molecule has 0 saturated carbocycles. The Hall–Kier alpha value is -3.67. The Kier molecular flexibility index (Phi) is 52.9. The molecule has 6 nitrogen and oxygen atoms in total. The minimum Gasteiger partial charge on any atom is -0.462 e. The Morgan fingerprint density at radius 1 is 0.309 bits per heavy atom. The highest BCUT2D eigenvalue weighted by Crippen LogP contribution is 2.15. The van der Waals surface area contributed by atoms with Gasteiger partial charge in [0.15, 0.2) is 6.10 Å². The van der Waals surface area contributed by atoms with Crippen molar-refractivity contribution in [2.75, 3.05) is 13.2 Å². The number of ether oxygens (including phenoxy) is 3. The third-order valence-electron chi connectivity index (χ3n) is 11.8. The van der Waals surface area contributed by atoms with Gasteiger partial charge in [0.2, 0.25) is 0 Å². The average Bonchev–Trinajstić information content (AvgIpc) is 3.34. The number of esters is 3. The lowest BCUT2D eigenvalue weighted by molar-refractivity contribution is -0.167. The SMILES string of the molecule is CC/C=C\C/C=C\C/C=C\C/C=C\CCCCCCCCCCCCC(=O)OCC(COC(=O)CCCCCCC/C=C\CCCCC)OC(=O)CCCCCCC/C=C\C/C=C\C/C=C\CC. The van der Waals surface area contributed by atoms with Gasteiger partial charge in [0.1, 0.15) is 13.2 Å².